The summed E-state index contributed by atoms with van der Waals surface area (Å²) in [5, 5.41) is 3.66. The fourth-order valence-corrected chi connectivity index (χ4v) is 3.52. The molecule has 18 heavy (non-hydrogen) atoms. The third kappa shape index (κ3) is 2.43. The van der Waals surface area contributed by atoms with E-state index in [1.54, 1.807) is 12.1 Å². The fourth-order valence-electron chi connectivity index (χ4n) is 3.52. The molecule has 2 heterocycles. The van der Waals surface area contributed by atoms with Crippen molar-refractivity contribution in [3.05, 3.63) is 35.6 Å². The molecule has 2 bridgehead atoms. The van der Waals surface area contributed by atoms with Gasteiger partial charge in [-0.1, -0.05) is 18.2 Å². The highest BCUT2D eigenvalue weighted by Crippen LogP contribution is 2.33. The molecular formula is C15H21FN2. The molecule has 2 aliphatic rings. The van der Waals surface area contributed by atoms with Crippen molar-refractivity contribution < 1.29 is 4.39 Å². The normalized spacial score (nSPS) is 30.3. The van der Waals surface area contributed by atoms with E-state index in [2.05, 4.69) is 17.3 Å². The molecule has 1 aromatic carbocycles. The van der Waals surface area contributed by atoms with Crippen LogP contribution in [0.5, 0.6) is 0 Å². The van der Waals surface area contributed by atoms with Gasteiger partial charge >= 0.3 is 0 Å². The molecule has 3 unspecified atom stereocenters. The zero-order valence-corrected chi connectivity index (χ0v) is 10.9. The highest BCUT2D eigenvalue weighted by atomic mass is 19.1. The average molecular weight is 248 g/mol. The van der Waals surface area contributed by atoms with Crippen LogP contribution in [0.2, 0.25) is 0 Å². The first-order valence-electron chi connectivity index (χ1n) is 6.90. The van der Waals surface area contributed by atoms with Crippen LogP contribution in [0.25, 0.3) is 0 Å². The Labute approximate surface area is 108 Å². The minimum Gasteiger partial charge on any atom is -0.311 e. The van der Waals surface area contributed by atoms with Gasteiger partial charge in [0, 0.05) is 30.7 Å². The second kappa shape index (κ2) is 4.98. The van der Waals surface area contributed by atoms with Gasteiger partial charge in [0.1, 0.15) is 5.82 Å². The third-order valence-electron chi connectivity index (χ3n) is 4.38. The molecule has 0 spiro atoms. The highest BCUT2D eigenvalue weighted by Gasteiger charge is 2.39. The maximum absolute atomic E-state index is 13.6. The lowest BCUT2D eigenvalue weighted by Gasteiger charge is -2.26. The van der Waals surface area contributed by atoms with Gasteiger partial charge in [0.05, 0.1) is 0 Å². The second-order valence-electron chi connectivity index (χ2n) is 5.83. The molecule has 0 radical (unpaired) electrons. The number of benzene rings is 1. The maximum Gasteiger partial charge on any atom is 0.127 e. The Kier molecular flexibility index (Phi) is 3.35. The predicted octanol–water partition coefficient (Wildman–Crippen LogP) is 2.40. The van der Waals surface area contributed by atoms with Gasteiger partial charge in [-0.2, -0.15) is 0 Å². The van der Waals surface area contributed by atoms with Crippen molar-refractivity contribution in [2.24, 2.45) is 5.92 Å². The lowest BCUT2D eigenvalue weighted by atomic mass is 9.89. The van der Waals surface area contributed by atoms with Crippen LogP contribution in [0.4, 0.5) is 4.39 Å². The first kappa shape index (κ1) is 12.1. The van der Waals surface area contributed by atoms with E-state index in [0.29, 0.717) is 12.6 Å². The zero-order chi connectivity index (χ0) is 12.5. The van der Waals surface area contributed by atoms with E-state index in [-0.39, 0.29) is 5.82 Å². The van der Waals surface area contributed by atoms with Gasteiger partial charge in [0.15, 0.2) is 0 Å². The summed E-state index contributed by atoms with van der Waals surface area (Å²) in [5.74, 6) is 0.663. The Hall–Kier alpha value is -0.930. The van der Waals surface area contributed by atoms with Crippen LogP contribution in [0, 0.1) is 11.7 Å². The van der Waals surface area contributed by atoms with Crippen molar-refractivity contribution in [2.75, 3.05) is 13.6 Å². The first-order valence-corrected chi connectivity index (χ1v) is 6.90. The van der Waals surface area contributed by atoms with E-state index in [0.717, 1.165) is 24.1 Å². The Morgan fingerprint density at radius 3 is 2.83 bits per heavy atom. The van der Waals surface area contributed by atoms with Gasteiger partial charge in [-0.3, -0.25) is 0 Å². The summed E-state index contributed by atoms with van der Waals surface area (Å²) in [5.41, 5.74) is 0.802. The minimum atomic E-state index is -0.0876. The van der Waals surface area contributed by atoms with Crippen LogP contribution in [0.15, 0.2) is 24.3 Å². The number of rotatable bonds is 4. The largest absolute Gasteiger partial charge is 0.311 e. The van der Waals surface area contributed by atoms with Gasteiger partial charge in [-0.25, -0.2) is 4.39 Å². The Morgan fingerprint density at radius 1 is 1.33 bits per heavy atom. The Balaban J connectivity index is 1.56. The molecule has 2 aliphatic heterocycles. The Morgan fingerprint density at radius 2 is 2.17 bits per heavy atom. The van der Waals surface area contributed by atoms with Crippen molar-refractivity contribution in [1.82, 2.24) is 10.2 Å². The van der Waals surface area contributed by atoms with Crippen molar-refractivity contribution in [3.63, 3.8) is 0 Å². The standard InChI is InChI=1S/C15H21FN2/c1-18(9-11-4-2-3-5-14(11)16)10-12-8-13-6-7-15(12)17-13/h2-5,12-13,15,17H,6-10H2,1H3. The van der Waals surface area contributed by atoms with Gasteiger partial charge in [-0.15, -0.1) is 0 Å². The minimum absolute atomic E-state index is 0.0876. The summed E-state index contributed by atoms with van der Waals surface area (Å²) in [7, 11) is 2.10. The van der Waals surface area contributed by atoms with Gasteiger partial charge in [-0.05, 0) is 38.3 Å². The number of halogens is 1. The van der Waals surface area contributed by atoms with Crippen LogP contribution in [0.3, 0.4) is 0 Å². The van der Waals surface area contributed by atoms with E-state index in [9.17, 15) is 4.39 Å². The molecule has 3 heteroatoms. The summed E-state index contributed by atoms with van der Waals surface area (Å²) >= 11 is 0. The first-order chi connectivity index (χ1) is 8.72. The smallest absolute Gasteiger partial charge is 0.127 e. The van der Waals surface area contributed by atoms with Gasteiger partial charge < -0.3 is 10.2 Å². The quantitative estimate of drug-likeness (QED) is 0.880. The summed E-state index contributed by atoms with van der Waals surface area (Å²) < 4.78 is 13.6. The summed E-state index contributed by atoms with van der Waals surface area (Å²) in [4.78, 5) is 2.26. The highest BCUT2D eigenvalue weighted by molar-refractivity contribution is 5.17. The molecule has 2 fully saturated rings. The predicted molar refractivity (Wildman–Crippen MR) is 70.8 cm³/mol. The SMILES string of the molecule is CN(Cc1ccccc1F)CC1CC2CCC1N2. The molecular weight excluding hydrogens is 227 g/mol. The fraction of sp³-hybridized carbons (Fsp3) is 0.600. The molecule has 3 rings (SSSR count). The number of nitrogens with one attached hydrogen (secondary N) is 1. The van der Waals surface area contributed by atoms with Gasteiger partial charge in [0.25, 0.3) is 0 Å². The van der Waals surface area contributed by atoms with Crippen LogP contribution < -0.4 is 5.32 Å². The van der Waals surface area contributed by atoms with Crippen molar-refractivity contribution in [1.29, 1.82) is 0 Å². The van der Waals surface area contributed by atoms with Crippen LogP contribution >= 0.6 is 0 Å². The molecule has 0 aromatic heterocycles. The zero-order valence-electron chi connectivity index (χ0n) is 10.9. The van der Waals surface area contributed by atoms with Crippen LogP contribution in [-0.2, 0) is 6.54 Å². The van der Waals surface area contributed by atoms with Crippen molar-refractivity contribution in [2.45, 2.75) is 37.9 Å². The lowest BCUT2D eigenvalue weighted by Crippen LogP contribution is -2.32. The molecule has 1 N–H and O–H groups in total. The molecule has 3 atom stereocenters. The number of hydrogen-bond donors (Lipinski definition) is 1. The van der Waals surface area contributed by atoms with Crippen LogP contribution in [-0.4, -0.2) is 30.6 Å². The van der Waals surface area contributed by atoms with Crippen LogP contribution in [0.1, 0.15) is 24.8 Å². The lowest BCUT2D eigenvalue weighted by molar-refractivity contribution is 0.240. The molecule has 1 aromatic rings. The summed E-state index contributed by atoms with van der Waals surface area (Å²) in [6, 6.07) is 8.54. The molecule has 0 aliphatic carbocycles. The van der Waals surface area contributed by atoms with E-state index >= 15 is 0 Å². The maximum atomic E-state index is 13.6. The topological polar surface area (TPSA) is 15.3 Å². The van der Waals surface area contributed by atoms with E-state index in [1.165, 1.54) is 19.3 Å². The van der Waals surface area contributed by atoms with E-state index < -0.39 is 0 Å². The van der Waals surface area contributed by atoms with Crippen molar-refractivity contribution in [3.8, 4) is 0 Å². The molecule has 0 amide bonds. The third-order valence-corrected chi connectivity index (χ3v) is 4.38. The second-order valence-corrected chi connectivity index (χ2v) is 5.83. The Bertz CT molecular complexity index is 421. The average Bonchev–Trinajstić information content (AvgIpc) is 2.94. The number of hydrogen-bond acceptors (Lipinski definition) is 2. The molecule has 2 saturated heterocycles. The number of fused-ring (bicyclic) bond motifs is 2. The molecule has 98 valence electrons. The van der Waals surface area contributed by atoms with E-state index in [4.69, 9.17) is 0 Å². The molecule has 0 saturated carbocycles. The monoisotopic (exact) mass is 248 g/mol. The van der Waals surface area contributed by atoms with Crippen molar-refractivity contribution >= 4 is 0 Å². The molecule has 2 nitrogen and oxygen atoms in total. The summed E-state index contributed by atoms with van der Waals surface area (Å²) in [6.45, 7) is 1.78. The summed E-state index contributed by atoms with van der Waals surface area (Å²) in [6.07, 6.45) is 3.97. The van der Waals surface area contributed by atoms with E-state index in [1.807, 2.05) is 12.1 Å². The van der Waals surface area contributed by atoms with Gasteiger partial charge in [0.2, 0.25) is 0 Å². The number of nitrogens with zero attached hydrogens (tertiary/aromatic N) is 1.